The quantitative estimate of drug-likeness (QED) is 0.230. The largest absolute Gasteiger partial charge is 0.467 e. The van der Waals surface area contributed by atoms with Gasteiger partial charge in [-0.3, -0.25) is 9.52 Å². The monoisotopic (exact) mass is 583 g/mol. The van der Waals surface area contributed by atoms with Crippen LogP contribution in [-0.4, -0.2) is 31.0 Å². The number of nitrogens with zero attached hydrogens (tertiary/aromatic N) is 2. The van der Waals surface area contributed by atoms with Crippen molar-refractivity contribution < 1.29 is 26.8 Å². The van der Waals surface area contributed by atoms with Gasteiger partial charge in [-0.1, -0.05) is 5.16 Å². The fourth-order valence-electron chi connectivity index (χ4n) is 4.35. The Bertz CT molecular complexity index is 1900. The van der Waals surface area contributed by atoms with Crippen molar-refractivity contribution in [2.75, 3.05) is 17.6 Å². The van der Waals surface area contributed by atoms with Gasteiger partial charge in [-0.25, -0.2) is 12.8 Å². The number of ether oxygens (including phenoxy) is 2. The fourth-order valence-corrected chi connectivity index (χ4v) is 6.11. The van der Waals surface area contributed by atoms with E-state index in [0.717, 1.165) is 0 Å². The van der Waals surface area contributed by atoms with E-state index in [2.05, 4.69) is 9.88 Å². The lowest BCUT2D eigenvalue weighted by atomic mass is 10.0. The Morgan fingerprint density at radius 1 is 1.10 bits per heavy atom. The molecule has 0 aliphatic heterocycles. The summed E-state index contributed by atoms with van der Waals surface area (Å²) in [5.74, 6) is 0.635. The molecule has 0 aliphatic carbocycles. The molecule has 12 heteroatoms. The van der Waals surface area contributed by atoms with Crippen LogP contribution in [-0.2, 0) is 17.1 Å². The lowest BCUT2D eigenvalue weighted by Crippen LogP contribution is -2.16. The maximum atomic E-state index is 14.0. The van der Waals surface area contributed by atoms with Crippen LogP contribution in [0.4, 0.5) is 10.1 Å². The van der Waals surface area contributed by atoms with Crippen LogP contribution < -0.4 is 19.8 Å². The van der Waals surface area contributed by atoms with E-state index in [9.17, 15) is 17.6 Å². The first-order valence-corrected chi connectivity index (χ1v) is 14.7. The minimum Gasteiger partial charge on any atom is -0.467 e. The van der Waals surface area contributed by atoms with Gasteiger partial charge in [0.2, 0.25) is 10.0 Å². The zero-order valence-corrected chi connectivity index (χ0v) is 24.0. The normalized spacial score (nSPS) is 11.7. The van der Waals surface area contributed by atoms with Crippen LogP contribution in [0.3, 0.4) is 0 Å². The second kappa shape index (κ2) is 10.4. The molecule has 0 aliphatic rings. The van der Waals surface area contributed by atoms with Crippen molar-refractivity contribution in [1.29, 1.82) is 0 Å². The van der Waals surface area contributed by atoms with E-state index >= 15 is 0 Å². The number of sulfonamides is 1. The summed E-state index contributed by atoms with van der Waals surface area (Å²) in [5.41, 5.74) is 2.99. The standard InChI is InChI=1S/C28H26FN3O6S2/c1-6-40(34,35)31-18-7-8-23(37-26-15(2)9-17(29)10-16(26)3)19(11-18)21-14-32(4)28(33)20-12-24(39-27(20)21)22-13-25(36-5)38-30-22/h7-14,31H,6H2,1-5H3. The topological polar surface area (TPSA) is 113 Å². The Morgan fingerprint density at radius 3 is 2.48 bits per heavy atom. The molecule has 0 radical (unpaired) electrons. The van der Waals surface area contributed by atoms with Gasteiger partial charge in [0.15, 0.2) is 0 Å². The van der Waals surface area contributed by atoms with E-state index in [1.54, 1.807) is 64.3 Å². The molecule has 40 heavy (non-hydrogen) atoms. The number of nitrogens with one attached hydrogen (secondary N) is 1. The van der Waals surface area contributed by atoms with Crippen LogP contribution in [0.25, 0.3) is 31.8 Å². The lowest BCUT2D eigenvalue weighted by molar-refractivity contribution is 0.261. The highest BCUT2D eigenvalue weighted by molar-refractivity contribution is 7.92. The van der Waals surface area contributed by atoms with E-state index in [1.807, 2.05) is 0 Å². The Morgan fingerprint density at radius 2 is 1.82 bits per heavy atom. The maximum Gasteiger partial charge on any atom is 0.311 e. The van der Waals surface area contributed by atoms with Gasteiger partial charge in [0.1, 0.15) is 23.0 Å². The molecule has 5 aromatic rings. The van der Waals surface area contributed by atoms with Gasteiger partial charge >= 0.3 is 5.95 Å². The van der Waals surface area contributed by atoms with Gasteiger partial charge in [-0.2, -0.15) is 0 Å². The third-order valence-electron chi connectivity index (χ3n) is 6.35. The summed E-state index contributed by atoms with van der Waals surface area (Å²) in [7, 11) is -0.460. The molecule has 3 heterocycles. The molecule has 5 rings (SSSR count). The van der Waals surface area contributed by atoms with Crippen LogP contribution in [0, 0.1) is 19.7 Å². The van der Waals surface area contributed by atoms with Crippen molar-refractivity contribution >= 4 is 37.1 Å². The number of methoxy groups -OCH3 is 1. The highest BCUT2D eigenvalue weighted by atomic mass is 32.2. The molecule has 0 bridgehead atoms. The summed E-state index contributed by atoms with van der Waals surface area (Å²) in [6.45, 7) is 5.04. The molecule has 0 atom stereocenters. The molecule has 2 aromatic carbocycles. The number of thiophene rings is 1. The second-order valence-corrected chi connectivity index (χ2v) is 12.3. The van der Waals surface area contributed by atoms with E-state index in [-0.39, 0.29) is 23.1 Å². The first-order valence-electron chi connectivity index (χ1n) is 12.2. The molecule has 0 spiro atoms. The molecular weight excluding hydrogens is 557 g/mol. The third-order valence-corrected chi connectivity index (χ3v) is 8.85. The molecular formula is C28H26FN3O6S2. The molecule has 208 valence electrons. The summed E-state index contributed by atoms with van der Waals surface area (Å²) in [4.78, 5) is 13.8. The molecule has 0 fully saturated rings. The zero-order chi connectivity index (χ0) is 28.8. The Labute approximate surface area is 233 Å². The molecule has 9 nitrogen and oxygen atoms in total. The average molecular weight is 584 g/mol. The number of aromatic nitrogens is 2. The number of fused-ring (bicyclic) bond motifs is 1. The van der Waals surface area contributed by atoms with E-state index in [0.29, 0.717) is 60.1 Å². The molecule has 0 saturated carbocycles. The van der Waals surface area contributed by atoms with Crippen LogP contribution in [0.5, 0.6) is 17.4 Å². The highest BCUT2D eigenvalue weighted by Gasteiger charge is 2.21. The number of halogens is 1. The van der Waals surface area contributed by atoms with Gasteiger partial charge in [-0.15, -0.1) is 11.3 Å². The van der Waals surface area contributed by atoms with Crippen molar-refractivity contribution in [3.05, 3.63) is 76.0 Å². The number of benzene rings is 2. The predicted molar refractivity (Wildman–Crippen MR) is 154 cm³/mol. The summed E-state index contributed by atoms with van der Waals surface area (Å²) in [6, 6.07) is 11.0. The van der Waals surface area contributed by atoms with E-state index in [4.69, 9.17) is 14.0 Å². The second-order valence-electron chi connectivity index (χ2n) is 9.23. The van der Waals surface area contributed by atoms with Crippen molar-refractivity contribution in [2.24, 2.45) is 7.05 Å². The van der Waals surface area contributed by atoms with Crippen molar-refractivity contribution in [3.63, 3.8) is 0 Å². The first-order chi connectivity index (χ1) is 19.0. The lowest BCUT2D eigenvalue weighted by Gasteiger charge is -2.18. The van der Waals surface area contributed by atoms with Crippen molar-refractivity contribution in [1.82, 2.24) is 9.72 Å². The Hall–Kier alpha value is -4.16. The van der Waals surface area contributed by atoms with E-state index in [1.165, 1.54) is 35.1 Å². The highest BCUT2D eigenvalue weighted by Crippen LogP contribution is 2.43. The average Bonchev–Trinajstić information content (AvgIpc) is 3.56. The fraction of sp³-hybridized carbons (Fsp3) is 0.214. The van der Waals surface area contributed by atoms with Crippen LogP contribution in [0.1, 0.15) is 18.1 Å². The maximum absolute atomic E-state index is 14.0. The molecule has 1 N–H and O–H groups in total. The Kier molecular flexibility index (Phi) is 7.15. The summed E-state index contributed by atoms with van der Waals surface area (Å²) in [6.07, 6.45) is 1.68. The van der Waals surface area contributed by atoms with Crippen LogP contribution >= 0.6 is 11.3 Å². The number of pyridine rings is 1. The number of rotatable bonds is 8. The van der Waals surface area contributed by atoms with Gasteiger partial charge in [-0.05, 0) is 68.3 Å². The summed E-state index contributed by atoms with van der Waals surface area (Å²) >= 11 is 1.33. The van der Waals surface area contributed by atoms with Crippen LogP contribution in [0.15, 0.2) is 58.0 Å². The third kappa shape index (κ3) is 5.19. The van der Waals surface area contributed by atoms with Crippen molar-refractivity contribution in [2.45, 2.75) is 20.8 Å². The van der Waals surface area contributed by atoms with Gasteiger partial charge in [0.25, 0.3) is 5.56 Å². The minimum absolute atomic E-state index is 0.103. The summed E-state index contributed by atoms with van der Waals surface area (Å²) in [5, 5.41) is 4.49. The smallest absolute Gasteiger partial charge is 0.311 e. The number of hydrogen-bond donors (Lipinski definition) is 1. The number of anilines is 1. The molecule has 3 aromatic heterocycles. The number of hydrogen-bond acceptors (Lipinski definition) is 8. The predicted octanol–water partition coefficient (Wildman–Crippen LogP) is 6.24. The Balaban J connectivity index is 1.74. The molecule has 0 unspecified atom stereocenters. The van der Waals surface area contributed by atoms with Crippen molar-refractivity contribution in [3.8, 4) is 39.1 Å². The number of aryl methyl sites for hydroxylation is 3. The van der Waals surface area contributed by atoms with E-state index < -0.39 is 10.0 Å². The molecule has 0 amide bonds. The van der Waals surface area contributed by atoms with Gasteiger partial charge in [0, 0.05) is 34.8 Å². The first kappa shape index (κ1) is 27.4. The van der Waals surface area contributed by atoms with Gasteiger partial charge in [0.05, 0.1) is 29.2 Å². The summed E-state index contributed by atoms with van der Waals surface area (Å²) < 4.78 is 60.0. The SMILES string of the molecule is CCS(=O)(=O)Nc1ccc(Oc2c(C)cc(F)cc2C)c(-c2cn(C)c(=O)c3cc(-c4cc(OC)on4)sc23)c1. The molecule has 0 saturated heterocycles. The van der Waals surface area contributed by atoms with Crippen LogP contribution in [0.2, 0.25) is 0 Å². The zero-order valence-electron chi connectivity index (χ0n) is 22.4. The van der Waals surface area contributed by atoms with Gasteiger partial charge < -0.3 is 18.6 Å². The minimum atomic E-state index is -3.57.